The lowest BCUT2D eigenvalue weighted by molar-refractivity contribution is -0.137. The van der Waals surface area contributed by atoms with Gasteiger partial charge in [0.1, 0.15) is 11.8 Å². The van der Waals surface area contributed by atoms with Gasteiger partial charge in [0, 0.05) is 17.3 Å². The van der Waals surface area contributed by atoms with Crippen molar-refractivity contribution in [3.8, 4) is 5.75 Å². The van der Waals surface area contributed by atoms with Gasteiger partial charge in [0.2, 0.25) is 5.91 Å². The Morgan fingerprint density at radius 1 is 1.08 bits per heavy atom. The first kappa shape index (κ1) is 27.4. The van der Waals surface area contributed by atoms with E-state index in [4.69, 9.17) is 28.6 Å². The van der Waals surface area contributed by atoms with Crippen LogP contribution in [0.2, 0.25) is 5.02 Å². The molecule has 3 aromatic rings. The van der Waals surface area contributed by atoms with Crippen molar-refractivity contribution in [2.24, 2.45) is 0 Å². The minimum atomic E-state index is -4.59. The Morgan fingerprint density at radius 3 is 2.39 bits per heavy atom. The number of benzene rings is 3. The number of amides is 2. The Kier molecular flexibility index (Phi) is 8.23. The van der Waals surface area contributed by atoms with Crippen molar-refractivity contribution in [1.29, 1.82) is 0 Å². The number of nitrogens with one attached hydrogen (secondary N) is 1. The van der Waals surface area contributed by atoms with Crippen LogP contribution in [0.3, 0.4) is 0 Å². The van der Waals surface area contributed by atoms with Gasteiger partial charge >= 0.3 is 6.18 Å². The summed E-state index contributed by atoms with van der Waals surface area (Å²) in [4.78, 5) is 29.1. The number of nitrogens with zero attached hydrogens (tertiary/aromatic N) is 2. The molecule has 6 nitrogen and oxygen atoms in total. The van der Waals surface area contributed by atoms with Crippen LogP contribution in [-0.4, -0.2) is 41.5 Å². The van der Waals surface area contributed by atoms with E-state index in [9.17, 15) is 22.8 Å². The van der Waals surface area contributed by atoms with Gasteiger partial charge < -0.3 is 15.0 Å². The van der Waals surface area contributed by atoms with Gasteiger partial charge in [0.25, 0.3) is 5.91 Å². The molecule has 4 rings (SSSR count). The van der Waals surface area contributed by atoms with Gasteiger partial charge in [0.05, 0.1) is 24.8 Å². The molecular formula is C27H23ClF3N3O3S. The van der Waals surface area contributed by atoms with E-state index in [1.165, 1.54) is 19.2 Å². The largest absolute Gasteiger partial charge is 0.497 e. The summed E-state index contributed by atoms with van der Waals surface area (Å²) in [7, 11) is 1.52. The highest BCUT2D eigenvalue weighted by molar-refractivity contribution is 7.80. The Hall–Kier alpha value is -3.63. The van der Waals surface area contributed by atoms with E-state index in [2.05, 4.69) is 5.32 Å². The van der Waals surface area contributed by atoms with Crippen molar-refractivity contribution in [2.75, 3.05) is 23.9 Å². The Labute approximate surface area is 227 Å². The van der Waals surface area contributed by atoms with Crippen molar-refractivity contribution in [1.82, 2.24) is 4.90 Å². The molecule has 38 heavy (non-hydrogen) atoms. The predicted octanol–water partition coefficient (Wildman–Crippen LogP) is 5.94. The molecule has 0 aliphatic carbocycles. The first-order chi connectivity index (χ1) is 18.1. The molecule has 1 N–H and O–H groups in total. The van der Waals surface area contributed by atoms with Gasteiger partial charge in [-0.15, -0.1) is 0 Å². The number of carbonyl (C=O) groups is 2. The number of alkyl halides is 3. The fraction of sp³-hybridized carbons (Fsp3) is 0.222. The Bertz CT molecular complexity index is 1330. The number of rotatable bonds is 8. The van der Waals surface area contributed by atoms with Crippen molar-refractivity contribution in [3.05, 3.63) is 88.9 Å². The van der Waals surface area contributed by atoms with Crippen LogP contribution in [-0.2, 0) is 22.2 Å². The molecular weight excluding hydrogens is 539 g/mol. The molecule has 1 aliphatic heterocycles. The van der Waals surface area contributed by atoms with Crippen LogP contribution in [0.1, 0.15) is 17.5 Å². The second-order valence-electron chi connectivity index (χ2n) is 8.57. The second kappa shape index (κ2) is 11.4. The Balaban J connectivity index is 1.58. The van der Waals surface area contributed by atoms with Crippen LogP contribution in [0, 0.1) is 0 Å². The topological polar surface area (TPSA) is 61.9 Å². The van der Waals surface area contributed by atoms with Gasteiger partial charge in [-0.3, -0.25) is 14.5 Å². The fourth-order valence-electron chi connectivity index (χ4n) is 4.11. The maximum atomic E-state index is 13.5. The number of methoxy groups -OCH3 is 1. The zero-order valence-electron chi connectivity index (χ0n) is 20.2. The monoisotopic (exact) mass is 561 g/mol. The highest BCUT2D eigenvalue weighted by atomic mass is 35.5. The maximum Gasteiger partial charge on any atom is 0.416 e. The molecule has 0 bridgehead atoms. The standard InChI is InChI=1S/C27H23ClF3N3O3S/c1-37-22-11-9-20(10-12-22)32-24(35)16-23-25(36)34(21-4-2-3-18(15-21)27(29,30)31)26(38)33(23)14-13-17-5-7-19(28)8-6-17/h2-12,15,23H,13-14,16H2,1H3,(H,32,35)/t23-/m0/s1. The number of hydrogen-bond acceptors (Lipinski definition) is 4. The number of anilines is 2. The molecule has 3 aromatic carbocycles. The number of carbonyl (C=O) groups excluding carboxylic acids is 2. The third-order valence-electron chi connectivity index (χ3n) is 6.06. The minimum absolute atomic E-state index is 0.00983. The normalized spacial score (nSPS) is 15.7. The smallest absolute Gasteiger partial charge is 0.416 e. The molecule has 0 unspecified atom stereocenters. The van der Waals surface area contributed by atoms with Gasteiger partial charge in [-0.2, -0.15) is 13.2 Å². The second-order valence-corrected chi connectivity index (χ2v) is 9.37. The van der Waals surface area contributed by atoms with E-state index in [1.807, 2.05) is 12.1 Å². The van der Waals surface area contributed by atoms with E-state index in [-0.39, 0.29) is 23.8 Å². The summed E-state index contributed by atoms with van der Waals surface area (Å²) in [6.07, 6.45) is -4.37. The van der Waals surface area contributed by atoms with Crippen molar-refractivity contribution in [2.45, 2.75) is 25.1 Å². The molecule has 0 radical (unpaired) electrons. The molecule has 2 amide bonds. The lowest BCUT2D eigenvalue weighted by atomic mass is 10.1. The summed E-state index contributed by atoms with van der Waals surface area (Å²) in [5.74, 6) is -0.404. The van der Waals surface area contributed by atoms with Crippen LogP contribution < -0.4 is 15.0 Å². The van der Waals surface area contributed by atoms with E-state index in [0.29, 0.717) is 22.9 Å². The lowest BCUT2D eigenvalue weighted by Crippen LogP contribution is -2.39. The number of hydrogen-bond donors (Lipinski definition) is 1. The molecule has 0 spiro atoms. The highest BCUT2D eigenvalue weighted by Crippen LogP contribution is 2.34. The first-order valence-electron chi connectivity index (χ1n) is 11.6. The van der Waals surface area contributed by atoms with Gasteiger partial charge in [-0.05, 0) is 78.8 Å². The summed E-state index contributed by atoms with van der Waals surface area (Å²) in [6.45, 7) is 0.266. The predicted molar refractivity (Wildman–Crippen MR) is 143 cm³/mol. The van der Waals surface area contributed by atoms with Crippen molar-refractivity contribution < 1.29 is 27.5 Å². The molecule has 1 aliphatic rings. The summed E-state index contributed by atoms with van der Waals surface area (Å²) in [6, 6.07) is 17.2. The van der Waals surface area contributed by atoms with Gasteiger partial charge in [0.15, 0.2) is 5.11 Å². The molecule has 11 heteroatoms. The third-order valence-corrected chi connectivity index (χ3v) is 6.73. The van der Waals surface area contributed by atoms with Crippen LogP contribution in [0.5, 0.6) is 5.75 Å². The van der Waals surface area contributed by atoms with E-state index >= 15 is 0 Å². The third kappa shape index (κ3) is 6.25. The quantitative estimate of drug-likeness (QED) is 0.345. The molecule has 1 heterocycles. The molecule has 1 atom stereocenters. The van der Waals surface area contributed by atoms with E-state index in [0.717, 1.165) is 22.6 Å². The molecule has 0 saturated carbocycles. The van der Waals surface area contributed by atoms with Crippen LogP contribution in [0.25, 0.3) is 0 Å². The van der Waals surface area contributed by atoms with E-state index < -0.39 is 29.6 Å². The number of ether oxygens (including phenoxy) is 1. The average Bonchev–Trinajstić information content (AvgIpc) is 3.12. The van der Waals surface area contributed by atoms with Crippen molar-refractivity contribution >= 4 is 52.1 Å². The summed E-state index contributed by atoms with van der Waals surface area (Å²) in [5.41, 5.74) is 0.512. The van der Waals surface area contributed by atoms with Crippen LogP contribution >= 0.6 is 23.8 Å². The molecule has 1 fully saturated rings. The van der Waals surface area contributed by atoms with Gasteiger partial charge in [-0.25, -0.2) is 0 Å². The SMILES string of the molecule is COc1ccc(NC(=O)C[C@H]2C(=O)N(c3cccc(C(F)(F)F)c3)C(=S)N2CCc2ccc(Cl)cc2)cc1. The lowest BCUT2D eigenvalue weighted by Gasteiger charge is -2.24. The molecule has 198 valence electrons. The average molecular weight is 562 g/mol. The van der Waals surface area contributed by atoms with Crippen molar-refractivity contribution in [3.63, 3.8) is 0 Å². The van der Waals surface area contributed by atoms with Crippen LogP contribution in [0.4, 0.5) is 24.5 Å². The summed E-state index contributed by atoms with van der Waals surface area (Å²) < 4.78 is 45.2. The maximum absolute atomic E-state index is 13.5. The van der Waals surface area contributed by atoms with E-state index in [1.54, 1.807) is 41.3 Å². The zero-order chi connectivity index (χ0) is 27.4. The first-order valence-corrected chi connectivity index (χ1v) is 12.4. The molecule has 0 aromatic heterocycles. The minimum Gasteiger partial charge on any atom is -0.497 e. The molecule has 1 saturated heterocycles. The summed E-state index contributed by atoms with van der Waals surface area (Å²) >= 11 is 11.5. The number of thiocarbonyl (C=S) groups is 1. The summed E-state index contributed by atoms with van der Waals surface area (Å²) in [5, 5.41) is 3.35. The highest BCUT2D eigenvalue weighted by Gasteiger charge is 2.44. The van der Waals surface area contributed by atoms with Crippen LogP contribution in [0.15, 0.2) is 72.8 Å². The zero-order valence-corrected chi connectivity index (χ0v) is 21.7. The number of halogens is 4. The Morgan fingerprint density at radius 2 is 1.76 bits per heavy atom. The van der Waals surface area contributed by atoms with Gasteiger partial charge in [-0.1, -0.05) is 29.8 Å². The fourth-order valence-corrected chi connectivity index (χ4v) is 4.65.